The average Bonchev–Trinajstić information content (AvgIpc) is 2.96. The Morgan fingerprint density at radius 2 is 1.65 bits per heavy atom. The molecule has 0 radical (unpaired) electrons. The fourth-order valence-electron chi connectivity index (χ4n) is 3.10. The summed E-state index contributed by atoms with van der Waals surface area (Å²) in [5, 5.41) is 0. The topological polar surface area (TPSA) is 26.3 Å². The number of hydrogen-bond donors (Lipinski definition) is 0. The third kappa shape index (κ3) is 3.30. The zero-order valence-electron chi connectivity index (χ0n) is 11.9. The Kier molecular flexibility index (Phi) is 4.19. The maximum absolute atomic E-state index is 11.8. The summed E-state index contributed by atoms with van der Waals surface area (Å²) in [7, 11) is 0. The van der Waals surface area contributed by atoms with Gasteiger partial charge in [-0.05, 0) is 74.3 Å². The molecule has 0 saturated heterocycles. The molecule has 0 spiro atoms. The monoisotopic (exact) mass is 270 g/mol. The number of ketones is 1. The largest absolute Gasteiger partial charge is 0.490 e. The van der Waals surface area contributed by atoms with E-state index in [4.69, 9.17) is 4.74 Å². The molecular formula is C18H22O2. The molecule has 2 heteroatoms. The highest BCUT2D eigenvalue weighted by molar-refractivity contribution is 6.00. The molecule has 0 unspecified atom stereocenters. The van der Waals surface area contributed by atoms with E-state index in [1.165, 1.54) is 25.7 Å². The molecular weight excluding hydrogens is 248 g/mol. The first-order valence-corrected chi connectivity index (χ1v) is 7.82. The Hall–Kier alpha value is -1.57. The quantitative estimate of drug-likeness (QED) is 0.754. The van der Waals surface area contributed by atoms with Gasteiger partial charge in [-0.15, -0.1) is 0 Å². The van der Waals surface area contributed by atoms with Crippen molar-refractivity contribution in [3.05, 3.63) is 35.4 Å². The van der Waals surface area contributed by atoms with Gasteiger partial charge in [0.25, 0.3) is 0 Å². The Balaban J connectivity index is 1.66. The van der Waals surface area contributed by atoms with Crippen LogP contribution in [0.2, 0.25) is 0 Å². The van der Waals surface area contributed by atoms with Gasteiger partial charge in [0.2, 0.25) is 0 Å². The zero-order valence-corrected chi connectivity index (χ0v) is 11.9. The summed E-state index contributed by atoms with van der Waals surface area (Å²) < 4.78 is 5.95. The van der Waals surface area contributed by atoms with Crippen molar-refractivity contribution in [1.82, 2.24) is 0 Å². The molecule has 0 heterocycles. The Morgan fingerprint density at radius 3 is 2.35 bits per heavy atom. The molecule has 0 N–H and O–H groups in total. The second-order valence-electron chi connectivity index (χ2n) is 5.89. The minimum atomic E-state index is 0.322. The smallest absolute Gasteiger partial charge is 0.158 e. The number of Topliss-reactive ketones (excluding diaryl/α,β-unsaturated/α-hetero) is 1. The summed E-state index contributed by atoms with van der Waals surface area (Å²) >= 11 is 0. The first-order valence-electron chi connectivity index (χ1n) is 7.82. The summed E-state index contributed by atoms with van der Waals surface area (Å²) in [6, 6.07) is 8.16. The van der Waals surface area contributed by atoms with Gasteiger partial charge in [0.15, 0.2) is 5.78 Å². The number of benzene rings is 1. The van der Waals surface area contributed by atoms with Gasteiger partial charge in [0.05, 0.1) is 6.10 Å². The number of ether oxygens (including phenoxy) is 1. The Labute approximate surface area is 120 Å². The van der Waals surface area contributed by atoms with Crippen molar-refractivity contribution in [2.75, 3.05) is 0 Å². The zero-order chi connectivity index (χ0) is 13.8. The van der Waals surface area contributed by atoms with Crippen molar-refractivity contribution in [3.63, 3.8) is 0 Å². The fourth-order valence-corrected chi connectivity index (χ4v) is 3.10. The third-order valence-corrected chi connectivity index (χ3v) is 4.28. The van der Waals surface area contributed by atoms with E-state index in [-0.39, 0.29) is 0 Å². The molecule has 106 valence electrons. The second kappa shape index (κ2) is 6.25. The molecule has 1 aromatic rings. The van der Waals surface area contributed by atoms with Crippen molar-refractivity contribution in [1.29, 1.82) is 0 Å². The van der Waals surface area contributed by atoms with Crippen molar-refractivity contribution in [2.45, 2.75) is 57.5 Å². The maximum atomic E-state index is 11.8. The van der Waals surface area contributed by atoms with Crippen LogP contribution in [0.5, 0.6) is 5.75 Å². The van der Waals surface area contributed by atoms with E-state index in [1.54, 1.807) is 0 Å². The van der Waals surface area contributed by atoms with E-state index in [2.05, 4.69) is 12.1 Å². The van der Waals surface area contributed by atoms with E-state index >= 15 is 0 Å². The Bertz CT molecular complexity index is 493. The lowest BCUT2D eigenvalue weighted by Gasteiger charge is -2.14. The Morgan fingerprint density at radius 1 is 0.950 bits per heavy atom. The molecule has 20 heavy (non-hydrogen) atoms. The highest BCUT2D eigenvalue weighted by Gasteiger charge is 2.16. The van der Waals surface area contributed by atoms with Crippen LogP contribution in [0.15, 0.2) is 29.8 Å². The normalized spacial score (nSPS) is 22.4. The van der Waals surface area contributed by atoms with Crippen LogP contribution in [0, 0.1) is 0 Å². The van der Waals surface area contributed by atoms with E-state index < -0.39 is 0 Å². The number of carbonyl (C=O) groups is 1. The lowest BCUT2D eigenvalue weighted by Crippen LogP contribution is -2.10. The lowest BCUT2D eigenvalue weighted by molar-refractivity contribution is -0.116. The SMILES string of the molecule is O=C1CCCC/C1=C\c1ccc(OC2CCCC2)cc1. The minimum Gasteiger partial charge on any atom is -0.490 e. The lowest BCUT2D eigenvalue weighted by atomic mass is 9.92. The van der Waals surface area contributed by atoms with Crippen LogP contribution < -0.4 is 4.74 Å². The fraction of sp³-hybridized carbons (Fsp3) is 0.500. The molecule has 0 aromatic heterocycles. The molecule has 2 saturated carbocycles. The van der Waals surface area contributed by atoms with Crippen molar-refractivity contribution in [2.24, 2.45) is 0 Å². The molecule has 2 aliphatic rings. The van der Waals surface area contributed by atoms with Gasteiger partial charge < -0.3 is 4.74 Å². The van der Waals surface area contributed by atoms with Gasteiger partial charge in [-0.2, -0.15) is 0 Å². The standard InChI is InChI=1S/C18H22O2/c19-18-8-4-1-5-15(18)13-14-9-11-17(12-10-14)20-16-6-2-3-7-16/h9-13,16H,1-8H2/b15-13+. The van der Waals surface area contributed by atoms with Crippen LogP contribution >= 0.6 is 0 Å². The molecule has 0 amide bonds. The third-order valence-electron chi connectivity index (χ3n) is 4.28. The summed E-state index contributed by atoms with van der Waals surface area (Å²) in [4.78, 5) is 11.8. The van der Waals surface area contributed by atoms with Gasteiger partial charge in [-0.1, -0.05) is 12.1 Å². The molecule has 0 bridgehead atoms. The average molecular weight is 270 g/mol. The highest BCUT2D eigenvalue weighted by atomic mass is 16.5. The van der Waals surface area contributed by atoms with Gasteiger partial charge in [0.1, 0.15) is 5.75 Å². The molecule has 0 aliphatic heterocycles. The predicted octanol–water partition coefficient (Wildman–Crippen LogP) is 4.53. The number of rotatable bonds is 3. The number of hydrogen-bond acceptors (Lipinski definition) is 2. The number of allylic oxidation sites excluding steroid dienone is 1. The van der Waals surface area contributed by atoms with Crippen LogP contribution in [-0.4, -0.2) is 11.9 Å². The van der Waals surface area contributed by atoms with E-state index in [0.717, 1.165) is 36.1 Å². The molecule has 2 fully saturated rings. The first-order chi connectivity index (χ1) is 9.81. The van der Waals surface area contributed by atoms with Gasteiger partial charge >= 0.3 is 0 Å². The summed E-state index contributed by atoms with van der Waals surface area (Å²) in [6.07, 6.45) is 11.2. The molecule has 2 aliphatic carbocycles. The van der Waals surface area contributed by atoms with Gasteiger partial charge in [-0.3, -0.25) is 4.79 Å². The van der Waals surface area contributed by atoms with E-state index in [1.807, 2.05) is 18.2 Å². The van der Waals surface area contributed by atoms with Gasteiger partial charge in [-0.25, -0.2) is 0 Å². The minimum absolute atomic E-state index is 0.322. The summed E-state index contributed by atoms with van der Waals surface area (Å²) in [5.41, 5.74) is 2.09. The summed E-state index contributed by atoms with van der Waals surface area (Å²) in [5.74, 6) is 1.27. The van der Waals surface area contributed by atoms with Crippen molar-refractivity contribution >= 4 is 11.9 Å². The maximum Gasteiger partial charge on any atom is 0.158 e. The van der Waals surface area contributed by atoms with E-state index in [0.29, 0.717) is 18.3 Å². The highest BCUT2D eigenvalue weighted by Crippen LogP contribution is 2.26. The predicted molar refractivity (Wildman–Crippen MR) is 80.8 cm³/mol. The van der Waals surface area contributed by atoms with Crippen molar-refractivity contribution in [3.8, 4) is 5.75 Å². The number of carbonyl (C=O) groups excluding carboxylic acids is 1. The summed E-state index contributed by atoms with van der Waals surface area (Å²) in [6.45, 7) is 0. The molecule has 2 nitrogen and oxygen atoms in total. The van der Waals surface area contributed by atoms with E-state index in [9.17, 15) is 4.79 Å². The molecule has 1 aromatic carbocycles. The van der Waals surface area contributed by atoms with Gasteiger partial charge in [0, 0.05) is 6.42 Å². The van der Waals surface area contributed by atoms with Crippen LogP contribution in [0.1, 0.15) is 56.9 Å². The van der Waals surface area contributed by atoms with Crippen LogP contribution in [-0.2, 0) is 4.79 Å². The van der Waals surface area contributed by atoms with Crippen molar-refractivity contribution < 1.29 is 9.53 Å². The first kappa shape index (κ1) is 13.4. The van der Waals surface area contributed by atoms with Crippen LogP contribution in [0.25, 0.3) is 6.08 Å². The van der Waals surface area contributed by atoms with Crippen LogP contribution in [0.3, 0.4) is 0 Å². The second-order valence-corrected chi connectivity index (χ2v) is 5.89. The van der Waals surface area contributed by atoms with Crippen LogP contribution in [0.4, 0.5) is 0 Å². The molecule has 3 rings (SSSR count). The molecule has 0 atom stereocenters.